The molecule has 0 aromatic heterocycles. The lowest BCUT2D eigenvalue weighted by Crippen LogP contribution is -2.35. The van der Waals surface area contributed by atoms with Crippen molar-refractivity contribution in [3.63, 3.8) is 0 Å². The molecule has 0 aromatic carbocycles. The maximum Gasteiger partial charge on any atom is 0.0727 e. The fourth-order valence-corrected chi connectivity index (χ4v) is 2.75. The van der Waals surface area contributed by atoms with Crippen LogP contribution in [-0.4, -0.2) is 11.2 Å². The minimum atomic E-state index is -0.223. The Labute approximate surface area is 80.2 Å². The fraction of sp³-hybridized carbons (Fsp3) is 0.667. The van der Waals surface area contributed by atoms with Crippen LogP contribution in [0.1, 0.15) is 33.1 Å². The van der Waals surface area contributed by atoms with Crippen molar-refractivity contribution < 1.29 is 5.11 Å². The highest BCUT2D eigenvalue weighted by molar-refractivity contribution is 5.22. The van der Waals surface area contributed by atoms with Gasteiger partial charge in [0.1, 0.15) is 0 Å². The maximum atomic E-state index is 9.57. The molecule has 1 nitrogen and oxygen atoms in total. The Morgan fingerprint density at radius 1 is 1.54 bits per heavy atom. The van der Waals surface area contributed by atoms with E-state index in [4.69, 9.17) is 0 Å². The zero-order valence-corrected chi connectivity index (χ0v) is 8.46. The normalized spacial score (nSPS) is 44.1. The number of hydrogen-bond donors (Lipinski definition) is 1. The smallest absolute Gasteiger partial charge is 0.0727 e. The van der Waals surface area contributed by atoms with Crippen LogP contribution in [0.3, 0.4) is 0 Å². The van der Waals surface area contributed by atoms with Crippen molar-refractivity contribution >= 4 is 0 Å². The molecule has 0 fully saturated rings. The molecule has 0 saturated carbocycles. The van der Waals surface area contributed by atoms with Crippen molar-refractivity contribution in [1.29, 1.82) is 0 Å². The molecule has 2 aliphatic rings. The molecular weight excluding hydrogens is 160 g/mol. The van der Waals surface area contributed by atoms with Crippen molar-refractivity contribution in [2.45, 2.75) is 39.2 Å². The Kier molecular flexibility index (Phi) is 2.07. The van der Waals surface area contributed by atoms with Gasteiger partial charge >= 0.3 is 0 Å². The van der Waals surface area contributed by atoms with Gasteiger partial charge in [0, 0.05) is 0 Å². The van der Waals surface area contributed by atoms with Crippen molar-refractivity contribution in [3.8, 4) is 0 Å². The van der Waals surface area contributed by atoms with Crippen LogP contribution in [0.5, 0.6) is 0 Å². The summed E-state index contributed by atoms with van der Waals surface area (Å²) in [5, 5.41) is 9.57. The zero-order chi connectivity index (χ0) is 9.47. The number of rotatable bonds is 0. The van der Waals surface area contributed by atoms with Gasteiger partial charge in [-0.2, -0.15) is 0 Å². The molecule has 1 heteroatoms. The van der Waals surface area contributed by atoms with Crippen LogP contribution in [-0.2, 0) is 0 Å². The molecule has 0 aliphatic heterocycles. The number of fused-ring (bicyclic) bond motifs is 1. The molecule has 13 heavy (non-hydrogen) atoms. The predicted molar refractivity (Wildman–Crippen MR) is 54.4 cm³/mol. The first kappa shape index (κ1) is 9.01. The second-order valence-corrected chi connectivity index (χ2v) is 4.71. The number of hydrogen-bond acceptors (Lipinski definition) is 1. The summed E-state index contributed by atoms with van der Waals surface area (Å²) in [5.41, 5.74) is 1.79. The van der Waals surface area contributed by atoms with Crippen LogP contribution in [0, 0.1) is 11.3 Å². The summed E-state index contributed by atoms with van der Waals surface area (Å²) in [4.78, 5) is 0. The molecule has 0 radical (unpaired) electrons. The fourth-order valence-electron chi connectivity index (χ4n) is 2.75. The molecule has 0 bridgehead atoms. The number of aliphatic hydroxyl groups is 1. The lowest BCUT2D eigenvalue weighted by molar-refractivity contribution is 0.128. The maximum absolute atomic E-state index is 9.57. The third-order valence-electron chi connectivity index (χ3n) is 3.67. The average Bonchev–Trinajstić information content (AvgIpc) is 2.08. The van der Waals surface area contributed by atoms with Gasteiger partial charge in [0.25, 0.3) is 0 Å². The Morgan fingerprint density at radius 3 is 3.08 bits per heavy atom. The molecule has 0 aromatic rings. The molecule has 3 atom stereocenters. The van der Waals surface area contributed by atoms with Gasteiger partial charge in [0.2, 0.25) is 0 Å². The first-order valence-corrected chi connectivity index (χ1v) is 5.16. The summed E-state index contributed by atoms with van der Waals surface area (Å²) in [5.74, 6) is 0.571. The van der Waals surface area contributed by atoms with Crippen molar-refractivity contribution in [2.75, 3.05) is 0 Å². The molecule has 0 amide bonds. The minimum absolute atomic E-state index is 0.223. The van der Waals surface area contributed by atoms with Gasteiger partial charge in [-0.15, -0.1) is 0 Å². The highest BCUT2D eigenvalue weighted by atomic mass is 16.3. The molecule has 0 spiro atoms. The summed E-state index contributed by atoms with van der Waals surface area (Å²) < 4.78 is 0. The predicted octanol–water partition coefficient (Wildman–Crippen LogP) is 2.67. The first-order chi connectivity index (χ1) is 6.12. The lowest BCUT2D eigenvalue weighted by atomic mass is 9.63. The van der Waals surface area contributed by atoms with Gasteiger partial charge in [-0.05, 0) is 37.5 Å². The van der Waals surface area contributed by atoms with Gasteiger partial charge in [-0.25, -0.2) is 0 Å². The lowest BCUT2D eigenvalue weighted by Gasteiger charge is -2.42. The summed E-state index contributed by atoms with van der Waals surface area (Å²) in [6.07, 6.45) is 9.64. The highest BCUT2D eigenvalue weighted by Gasteiger charge is 2.38. The molecule has 2 aliphatic carbocycles. The second kappa shape index (κ2) is 2.98. The van der Waals surface area contributed by atoms with Crippen LogP contribution in [0.4, 0.5) is 0 Å². The van der Waals surface area contributed by atoms with E-state index in [0.717, 1.165) is 6.42 Å². The van der Waals surface area contributed by atoms with Crippen molar-refractivity contribution in [1.82, 2.24) is 0 Å². The second-order valence-electron chi connectivity index (χ2n) is 4.71. The third kappa shape index (κ3) is 1.46. The Balaban J connectivity index is 2.32. The van der Waals surface area contributed by atoms with Crippen LogP contribution in [0.25, 0.3) is 0 Å². The van der Waals surface area contributed by atoms with E-state index in [2.05, 4.69) is 26.0 Å². The summed E-state index contributed by atoms with van der Waals surface area (Å²) >= 11 is 0. The third-order valence-corrected chi connectivity index (χ3v) is 3.67. The van der Waals surface area contributed by atoms with E-state index in [1.807, 2.05) is 6.08 Å². The van der Waals surface area contributed by atoms with Gasteiger partial charge in [0.15, 0.2) is 0 Å². The van der Waals surface area contributed by atoms with Gasteiger partial charge in [-0.3, -0.25) is 0 Å². The topological polar surface area (TPSA) is 20.2 Å². The van der Waals surface area contributed by atoms with E-state index in [1.165, 1.54) is 18.4 Å². The van der Waals surface area contributed by atoms with Gasteiger partial charge in [0.05, 0.1) is 6.10 Å². The zero-order valence-electron chi connectivity index (χ0n) is 8.46. The first-order valence-electron chi connectivity index (χ1n) is 5.16. The van der Waals surface area contributed by atoms with E-state index in [1.54, 1.807) is 0 Å². The van der Waals surface area contributed by atoms with E-state index >= 15 is 0 Å². The van der Waals surface area contributed by atoms with E-state index in [9.17, 15) is 5.11 Å². The molecule has 1 N–H and O–H groups in total. The Morgan fingerprint density at radius 2 is 2.31 bits per heavy atom. The van der Waals surface area contributed by atoms with E-state index in [-0.39, 0.29) is 6.10 Å². The summed E-state index contributed by atoms with van der Waals surface area (Å²) in [7, 11) is 0. The van der Waals surface area contributed by atoms with Crippen LogP contribution >= 0.6 is 0 Å². The van der Waals surface area contributed by atoms with Crippen LogP contribution < -0.4 is 0 Å². The quantitative estimate of drug-likeness (QED) is 0.565. The van der Waals surface area contributed by atoms with E-state index in [0.29, 0.717) is 11.3 Å². The monoisotopic (exact) mass is 178 g/mol. The molecule has 72 valence electrons. The molecule has 0 unspecified atom stereocenters. The minimum Gasteiger partial charge on any atom is -0.389 e. The highest BCUT2D eigenvalue weighted by Crippen LogP contribution is 2.47. The molecule has 0 heterocycles. The molecule has 0 saturated heterocycles. The number of aliphatic hydroxyl groups excluding tert-OH is 1. The van der Waals surface area contributed by atoms with Crippen LogP contribution in [0.2, 0.25) is 0 Å². The van der Waals surface area contributed by atoms with Crippen molar-refractivity contribution in [3.05, 3.63) is 23.8 Å². The number of allylic oxidation sites excluding steroid dienone is 3. The summed E-state index contributed by atoms with van der Waals surface area (Å²) in [6.45, 7) is 4.52. The Bertz CT molecular complexity index is 264. The largest absolute Gasteiger partial charge is 0.389 e. The SMILES string of the molecule is CC1=CCC[C@@]2(C)C=C[C@@H](O)C[C@@H]12. The standard InChI is InChI=1S/C12H18O/c1-9-4-3-6-12(2)7-5-10(13)8-11(9)12/h4-5,7,10-11,13H,3,6,8H2,1-2H3/t10-,11+,12+/m1/s1. The van der Waals surface area contributed by atoms with Crippen molar-refractivity contribution in [2.24, 2.45) is 11.3 Å². The average molecular weight is 178 g/mol. The molecular formula is C12H18O. The Hall–Kier alpha value is -0.560. The van der Waals surface area contributed by atoms with Gasteiger partial charge in [-0.1, -0.05) is 30.7 Å². The van der Waals surface area contributed by atoms with Gasteiger partial charge < -0.3 is 5.11 Å². The molecule has 2 rings (SSSR count). The van der Waals surface area contributed by atoms with Crippen LogP contribution in [0.15, 0.2) is 23.8 Å². The van der Waals surface area contributed by atoms with E-state index < -0.39 is 0 Å². The summed E-state index contributed by atoms with van der Waals surface area (Å²) in [6, 6.07) is 0.